The summed E-state index contributed by atoms with van der Waals surface area (Å²) in [4.78, 5) is 6.27. The Morgan fingerprint density at radius 2 is 2.05 bits per heavy atom. The molecule has 0 fully saturated rings. The Labute approximate surface area is 150 Å². The molecule has 1 atom stereocenters. The third kappa shape index (κ3) is 7.40. The van der Waals surface area contributed by atoms with Crippen molar-refractivity contribution in [2.24, 2.45) is 4.99 Å². The maximum Gasteiger partial charge on any atom is 0.191 e. The van der Waals surface area contributed by atoms with Gasteiger partial charge in [0, 0.05) is 20.1 Å². The second-order valence-corrected chi connectivity index (χ2v) is 5.27. The monoisotopic (exact) mass is 422 g/mol. The van der Waals surface area contributed by atoms with Crippen LogP contribution >= 0.6 is 24.0 Å². The van der Waals surface area contributed by atoms with E-state index < -0.39 is 0 Å². The zero-order chi connectivity index (χ0) is 15.7. The molecular weight excluding hydrogens is 394 g/mol. The van der Waals surface area contributed by atoms with Gasteiger partial charge in [-0.1, -0.05) is 25.5 Å². The van der Waals surface area contributed by atoms with Crippen LogP contribution in [-0.2, 0) is 0 Å². The number of hydrogen-bond acceptors (Lipinski definition) is 2. The molecule has 2 N–H and O–H groups in total. The van der Waals surface area contributed by atoms with Crippen LogP contribution in [0.25, 0.3) is 0 Å². The standard InChI is InChI=1S/C16H27FN4.HI/c1-5-6-10-19-16(18-2)20-12-15(21(3)4)13-8-7-9-14(17)11-13;/h7-9,11,15H,5-6,10,12H2,1-4H3,(H2,18,19,20);1H. The van der Waals surface area contributed by atoms with Gasteiger partial charge in [0.05, 0.1) is 6.04 Å². The summed E-state index contributed by atoms with van der Waals surface area (Å²) in [6, 6.07) is 6.83. The quantitative estimate of drug-likeness (QED) is 0.307. The molecule has 1 aromatic rings. The van der Waals surface area contributed by atoms with Crippen LogP contribution in [0, 0.1) is 5.82 Å². The van der Waals surface area contributed by atoms with E-state index in [0.717, 1.165) is 30.9 Å². The zero-order valence-electron chi connectivity index (χ0n) is 13.9. The molecule has 1 aromatic carbocycles. The number of hydrogen-bond donors (Lipinski definition) is 2. The number of guanidine groups is 1. The molecule has 1 rings (SSSR count). The predicted octanol–water partition coefficient (Wildman–Crippen LogP) is 3.01. The molecule has 126 valence electrons. The lowest BCUT2D eigenvalue weighted by Crippen LogP contribution is -2.42. The fourth-order valence-electron chi connectivity index (χ4n) is 2.11. The van der Waals surface area contributed by atoms with Crippen molar-refractivity contribution in [3.05, 3.63) is 35.6 Å². The first-order valence-corrected chi connectivity index (χ1v) is 7.44. The summed E-state index contributed by atoms with van der Waals surface area (Å²) in [5, 5.41) is 6.58. The highest BCUT2D eigenvalue weighted by Gasteiger charge is 2.15. The zero-order valence-corrected chi connectivity index (χ0v) is 16.2. The van der Waals surface area contributed by atoms with E-state index in [2.05, 4.69) is 27.4 Å². The predicted molar refractivity (Wildman–Crippen MR) is 103 cm³/mol. The van der Waals surface area contributed by atoms with Gasteiger partial charge in [-0.25, -0.2) is 4.39 Å². The summed E-state index contributed by atoms with van der Waals surface area (Å²) in [5.74, 6) is 0.580. The number of nitrogens with zero attached hydrogens (tertiary/aromatic N) is 2. The van der Waals surface area contributed by atoms with Crippen LogP contribution in [0.4, 0.5) is 4.39 Å². The maximum absolute atomic E-state index is 13.4. The van der Waals surface area contributed by atoms with Crippen molar-refractivity contribution in [2.75, 3.05) is 34.2 Å². The fraction of sp³-hybridized carbons (Fsp3) is 0.562. The summed E-state index contributed by atoms with van der Waals surface area (Å²) < 4.78 is 13.4. The van der Waals surface area contributed by atoms with E-state index in [1.807, 2.05) is 20.2 Å². The van der Waals surface area contributed by atoms with Gasteiger partial charge >= 0.3 is 0 Å². The molecule has 0 heterocycles. The molecule has 0 amide bonds. The average molecular weight is 422 g/mol. The fourth-order valence-corrected chi connectivity index (χ4v) is 2.11. The van der Waals surface area contributed by atoms with Gasteiger partial charge in [-0.15, -0.1) is 24.0 Å². The molecular formula is C16H28FIN4. The van der Waals surface area contributed by atoms with E-state index in [4.69, 9.17) is 0 Å². The minimum Gasteiger partial charge on any atom is -0.356 e. The molecule has 0 bridgehead atoms. The Hall–Kier alpha value is -0.890. The molecule has 0 saturated carbocycles. The molecule has 0 radical (unpaired) electrons. The van der Waals surface area contributed by atoms with Gasteiger partial charge in [-0.2, -0.15) is 0 Å². The Morgan fingerprint density at radius 1 is 1.32 bits per heavy atom. The summed E-state index contributed by atoms with van der Waals surface area (Å²) in [6.07, 6.45) is 2.26. The molecule has 0 saturated heterocycles. The van der Waals surface area contributed by atoms with Gasteiger partial charge in [0.15, 0.2) is 5.96 Å². The van der Waals surface area contributed by atoms with Gasteiger partial charge in [-0.05, 0) is 38.2 Å². The number of halogens is 2. The van der Waals surface area contributed by atoms with Crippen LogP contribution in [0.2, 0.25) is 0 Å². The largest absolute Gasteiger partial charge is 0.356 e. The Kier molecular flexibility index (Phi) is 11.2. The average Bonchev–Trinajstić information content (AvgIpc) is 2.45. The van der Waals surface area contributed by atoms with E-state index in [9.17, 15) is 4.39 Å². The van der Waals surface area contributed by atoms with E-state index in [1.54, 1.807) is 19.2 Å². The summed E-state index contributed by atoms with van der Waals surface area (Å²) >= 11 is 0. The normalized spacial score (nSPS) is 12.7. The van der Waals surface area contributed by atoms with E-state index in [0.29, 0.717) is 6.54 Å². The third-order valence-corrected chi connectivity index (χ3v) is 3.37. The number of aliphatic imine (C=N–C) groups is 1. The van der Waals surface area contributed by atoms with Gasteiger partial charge in [0.25, 0.3) is 0 Å². The minimum absolute atomic E-state index is 0. The molecule has 0 aliphatic rings. The molecule has 0 aliphatic heterocycles. The molecule has 22 heavy (non-hydrogen) atoms. The van der Waals surface area contributed by atoms with Gasteiger partial charge in [-0.3, -0.25) is 4.99 Å². The number of benzene rings is 1. The molecule has 1 unspecified atom stereocenters. The number of likely N-dealkylation sites (N-methyl/N-ethyl adjacent to an activating group) is 1. The molecule has 4 nitrogen and oxygen atoms in total. The highest BCUT2D eigenvalue weighted by atomic mass is 127. The smallest absolute Gasteiger partial charge is 0.191 e. The molecule has 6 heteroatoms. The van der Waals surface area contributed by atoms with Crippen LogP contribution in [0.3, 0.4) is 0 Å². The maximum atomic E-state index is 13.4. The third-order valence-electron chi connectivity index (χ3n) is 3.37. The topological polar surface area (TPSA) is 39.7 Å². The minimum atomic E-state index is -0.204. The summed E-state index contributed by atoms with van der Waals surface area (Å²) in [7, 11) is 5.74. The van der Waals surface area contributed by atoms with E-state index in [1.165, 1.54) is 6.07 Å². The van der Waals surface area contributed by atoms with Gasteiger partial charge in [0.2, 0.25) is 0 Å². The number of nitrogens with one attached hydrogen (secondary N) is 2. The van der Waals surface area contributed by atoms with Crippen molar-refractivity contribution < 1.29 is 4.39 Å². The first kappa shape index (κ1) is 21.1. The molecule has 0 aliphatic carbocycles. The van der Waals surface area contributed by atoms with Crippen molar-refractivity contribution in [3.63, 3.8) is 0 Å². The van der Waals surface area contributed by atoms with Gasteiger partial charge < -0.3 is 15.5 Å². The van der Waals surface area contributed by atoms with Crippen LogP contribution in [-0.4, -0.2) is 45.1 Å². The Bertz CT molecular complexity index is 452. The highest BCUT2D eigenvalue weighted by Crippen LogP contribution is 2.18. The van der Waals surface area contributed by atoms with E-state index in [-0.39, 0.29) is 35.8 Å². The first-order chi connectivity index (χ1) is 10.1. The van der Waals surface area contributed by atoms with Crippen LogP contribution < -0.4 is 10.6 Å². The lowest BCUT2D eigenvalue weighted by molar-refractivity contribution is 0.297. The van der Waals surface area contributed by atoms with Crippen LogP contribution in [0.5, 0.6) is 0 Å². The Morgan fingerprint density at radius 3 is 2.59 bits per heavy atom. The summed E-state index contributed by atoms with van der Waals surface area (Å²) in [5.41, 5.74) is 0.955. The summed E-state index contributed by atoms with van der Waals surface area (Å²) in [6.45, 7) is 3.73. The van der Waals surface area contributed by atoms with Crippen molar-refractivity contribution in [1.29, 1.82) is 0 Å². The molecule has 0 aromatic heterocycles. The van der Waals surface area contributed by atoms with Crippen molar-refractivity contribution in [3.8, 4) is 0 Å². The first-order valence-electron chi connectivity index (χ1n) is 7.44. The van der Waals surface area contributed by atoms with Crippen molar-refractivity contribution in [2.45, 2.75) is 25.8 Å². The van der Waals surface area contributed by atoms with Crippen molar-refractivity contribution >= 4 is 29.9 Å². The lowest BCUT2D eigenvalue weighted by atomic mass is 10.1. The second-order valence-electron chi connectivity index (χ2n) is 5.27. The Balaban J connectivity index is 0.00000441. The SMILES string of the molecule is CCCCNC(=NC)NCC(c1cccc(F)c1)N(C)C.I. The number of unbranched alkanes of at least 4 members (excludes halogenated alkanes) is 1. The van der Waals surface area contributed by atoms with E-state index >= 15 is 0 Å². The highest BCUT2D eigenvalue weighted by molar-refractivity contribution is 14.0. The van der Waals surface area contributed by atoms with Crippen molar-refractivity contribution in [1.82, 2.24) is 15.5 Å². The number of rotatable bonds is 7. The lowest BCUT2D eigenvalue weighted by Gasteiger charge is -2.26. The van der Waals surface area contributed by atoms with Crippen LogP contribution in [0.15, 0.2) is 29.3 Å². The van der Waals surface area contributed by atoms with Gasteiger partial charge in [0.1, 0.15) is 5.82 Å². The van der Waals surface area contributed by atoms with Crippen LogP contribution in [0.1, 0.15) is 31.4 Å². The second kappa shape index (κ2) is 11.6. The molecule has 0 spiro atoms.